The van der Waals surface area contributed by atoms with E-state index in [4.69, 9.17) is 4.74 Å². The van der Waals surface area contributed by atoms with E-state index >= 15 is 0 Å². The van der Waals surface area contributed by atoms with Gasteiger partial charge in [-0.3, -0.25) is 4.79 Å². The Kier molecular flexibility index (Phi) is 5.36. The number of aromatic nitrogens is 1. The number of amides is 1. The Bertz CT molecular complexity index is 592. The number of ether oxygens (including phenoxy) is 1. The highest BCUT2D eigenvalue weighted by atomic mass is 16.5. The van der Waals surface area contributed by atoms with Crippen LogP contribution in [0.25, 0.3) is 10.9 Å². The summed E-state index contributed by atoms with van der Waals surface area (Å²) in [4.78, 5) is 15.2. The molecular weight excluding hydrogens is 268 g/mol. The fourth-order valence-electron chi connectivity index (χ4n) is 2.09. The Morgan fingerprint density at radius 2 is 2.14 bits per heavy atom. The molecular formula is C16H22N2O3. The van der Waals surface area contributed by atoms with E-state index in [1.54, 1.807) is 12.3 Å². The van der Waals surface area contributed by atoms with Crippen molar-refractivity contribution in [1.29, 1.82) is 0 Å². The minimum Gasteiger partial charge on any atom is -0.389 e. The van der Waals surface area contributed by atoms with Crippen LogP contribution in [0, 0.1) is 5.92 Å². The highest BCUT2D eigenvalue weighted by Gasteiger charge is 2.12. The van der Waals surface area contributed by atoms with Crippen molar-refractivity contribution in [2.45, 2.75) is 20.0 Å². The lowest BCUT2D eigenvalue weighted by Crippen LogP contribution is -2.34. The lowest BCUT2D eigenvalue weighted by Gasteiger charge is -2.13. The van der Waals surface area contributed by atoms with Crippen molar-refractivity contribution in [2.24, 2.45) is 5.92 Å². The number of hydrogen-bond acceptors (Lipinski definition) is 3. The van der Waals surface area contributed by atoms with E-state index in [0.717, 1.165) is 10.9 Å². The molecule has 3 N–H and O–H groups in total. The second-order valence-corrected chi connectivity index (χ2v) is 5.54. The fraction of sp³-hybridized carbons (Fsp3) is 0.438. The molecule has 1 unspecified atom stereocenters. The van der Waals surface area contributed by atoms with Crippen LogP contribution in [-0.2, 0) is 4.74 Å². The van der Waals surface area contributed by atoms with Crippen LogP contribution < -0.4 is 5.32 Å². The quantitative estimate of drug-likeness (QED) is 0.729. The molecule has 0 radical (unpaired) electrons. The molecule has 1 atom stereocenters. The first-order valence-electron chi connectivity index (χ1n) is 7.18. The van der Waals surface area contributed by atoms with E-state index in [0.29, 0.717) is 18.1 Å². The third kappa shape index (κ3) is 4.31. The number of hydrogen-bond donors (Lipinski definition) is 3. The molecule has 1 aromatic carbocycles. The molecule has 1 aromatic heterocycles. The summed E-state index contributed by atoms with van der Waals surface area (Å²) in [7, 11) is 0. The number of fused-ring (bicyclic) bond motifs is 1. The number of aliphatic hydroxyl groups excluding tert-OH is 1. The van der Waals surface area contributed by atoms with Gasteiger partial charge in [0, 0.05) is 35.8 Å². The van der Waals surface area contributed by atoms with E-state index in [9.17, 15) is 9.90 Å². The Morgan fingerprint density at radius 3 is 2.90 bits per heavy atom. The van der Waals surface area contributed by atoms with Crippen molar-refractivity contribution >= 4 is 16.8 Å². The predicted octanol–water partition coefficient (Wildman–Crippen LogP) is 1.93. The number of aromatic amines is 1. The van der Waals surface area contributed by atoms with E-state index < -0.39 is 6.10 Å². The summed E-state index contributed by atoms with van der Waals surface area (Å²) in [6, 6.07) is 7.39. The average molecular weight is 290 g/mol. The lowest BCUT2D eigenvalue weighted by atomic mass is 10.1. The molecule has 21 heavy (non-hydrogen) atoms. The van der Waals surface area contributed by atoms with Crippen molar-refractivity contribution in [3.63, 3.8) is 0 Å². The third-order valence-corrected chi connectivity index (χ3v) is 3.10. The van der Waals surface area contributed by atoms with Gasteiger partial charge in [-0.25, -0.2) is 0 Å². The molecule has 5 heteroatoms. The molecule has 0 saturated heterocycles. The molecule has 0 bridgehead atoms. The van der Waals surface area contributed by atoms with E-state index in [1.165, 1.54) is 0 Å². The van der Waals surface area contributed by atoms with Gasteiger partial charge in [0.15, 0.2) is 0 Å². The van der Waals surface area contributed by atoms with E-state index in [1.807, 2.05) is 32.0 Å². The number of rotatable bonds is 7. The van der Waals surface area contributed by atoms with Crippen molar-refractivity contribution in [3.8, 4) is 0 Å². The monoisotopic (exact) mass is 290 g/mol. The minimum atomic E-state index is -0.696. The number of H-pyrrole nitrogens is 1. The average Bonchev–Trinajstić information content (AvgIpc) is 2.92. The first-order chi connectivity index (χ1) is 10.1. The van der Waals surface area contributed by atoms with Gasteiger partial charge in [-0.05, 0) is 24.1 Å². The maximum Gasteiger partial charge on any atom is 0.252 e. The standard InChI is InChI=1S/C16H22N2O3/c1-11(2)9-21-10-12(19)8-18-16(20)14-4-3-5-15-13(14)6-7-17-15/h3-7,11-12,17,19H,8-10H2,1-2H3,(H,18,20). The van der Waals surface area contributed by atoms with E-state index in [-0.39, 0.29) is 19.1 Å². The van der Waals surface area contributed by atoms with Gasteiger partial charge in [0.1, 0.15) is 0 Å². The van der Waals surface area contributed by atoms with Gasteiger partial charge in [-0.15, -0.1) is 0 Å². The molecule has 5 nitrogen and oxygen atoms in total. The minimum absolute atomic E-state index is 0.178. The first-order valence-corrected chi connectivity index (χ1v) is 7.18. The zero-order valence-electron chi connectivity index (χ0n) is 12.4. The van der Waals surface area contributed by atoms with Gasteiger partial charge in [0.05, 0.1) is 12.7 Å². The van der Waals surface area contributed by atoms with Gasteiger partial charge in [-0.1, -0.05) is 19.9 Å². The van der Waals surface area contributed by atoms with Crippen molar-refractivity contribution in [1.82, 2.24) is 10.3 Å². The Morgan fingerprint density at radius 1 is 1.33 bits per heavy atom. The summed E-state index contributed by atoms with van der Waals surface area (Å²) in [6.07, 6.45) is 1.11. The zero-order chi connectivity index (χ0) is 15.2. The summed E-state index contributed by atoms with van der Waals surface area (Å²) in [6.45, 7) is 5.11. The molecule has 0 aliphatic carbocycles. The largest absolute Gasteiger partial charge is 0.389 e. The first kappa shape index (κ1) is 15.5. The number of carbonyl (C=O) groups is 1. The topological polar surface area (TPSA) is 74.3 Å². The second kappa shape index (κ2) is 7.24. The van der Waals surface area contributed by atoms with Crippen LogP contribution in [0.5, 0.6) is 0 Å². The van der Waals surface area contributed by atoms with Crippen LogP contribution in [0.4, 0.5) is 0 Å². The van der Waals surface area contributed by atoms with Crippen LogP contribution in [-0.4, -0.2) is 41.9 Å². The van der Waals surface area contributed by atoms with Gasteiger partial charge in [-0.2, -0.15) is 0 Å². The highest BCUT2D eigenvalue weighted by Crippen LogP contribution is 2.17. The molecule has 1 heterocycles. The molecule has 0 aliphatic heterocycles. The molecule has 0 fully saturated rings. The summed E-state index contributed by atoms with van der Waals surface area (Å²) in [5, 5.41) is 13.4. The molecule has 0 saturated carbocycles. The molecule has 0 aliphatic rings. The van der Waals surface area contributed by atoms with Crippen LogP contribution in [0.1, 0.15) is 24.2 Å². The molecule has 2 aromatic rings. The number of benzene rings is 1. The Labute approximate surface area is 124 Å². The Hall–Kier alpha value is -1.85. The van der Waals surface area contributed by atoms with Gasteiger partial charge in [0.25, 0.3) is 5.91 Å². The molecule has 2 rings (SSSR count). The zero-order valence-corrected chi connectivity index (χ0v) is 12.4. The molecule has 114 valence electrons. The SMILES string of the molecule is CC(C)COCC(O)CNC(=O)c1cccc2[nH]ccc12. The Balaban J connectivity index is 1.86. The van der Waals surface area contributed by atoms with Gasteiger partial charge < -0.3 is 20.1 Å². The fourth-order valence-corrected chi connectivity index (χ4v) is 2.09. The second-order valence-electron chi connectivity index (χ2n) is 5.54. The number of nitrogens with one attached hydrogen (secondary N) is 2. The summed E-state index contributed by atoms with van der Waals surface area (Å²) in [5.74, 6) is 0.237. The van der Waals surface area contributed by atoms with Crippen molar-refractivity contribution in [3.05, 3.63) is 36.0 Å². The predicted molar refractivity (Wildman–Crippen MR) is 82.3 cm³/mol. The number of aliphatic hydroxyl groups is 1. The smallest absolute Gasteiger partial charge is 0.252 e. The van der Waals surface area contributed by atoms with Crippen LogP contribution in [0.2, 0.25) is 0 Å². The molecule has 0 spiro atoms. The normalized spacial score (nSPS) is 12.8. The third-order valence-electron chi connectivity index (χ3n) is 3.10. The highest BCUT2D eigenvalue weighted by molar-refractivity contribution is 6.06. The van der Waals surface area contributed by atoms with Crippen LogP contribution in [0.15, 0.2) is 30.5 Å². The lowest BCUT2D eigenvalue weighted by molar-refractivity contribution is 0.0259. The summed E-state index contributed by atoms with van der Waals surface area (Å²) < 4.78 is 5.35. The van der Waals surface area contributed by atoms with E-state index in [2.05, 4.69) is 10.3 Å². The van der Waals surface area contributed by atoms with Crippen molar-refractivity contribution in [2.75, 3.05) is 19.8 Å². The van der Waals surface area contributed by atoms with Crippen LogP contribution in [0.3, 0.4) is 0 Å². The van der Waals surface area contributed by atoms with Gasteiger partial charge in [0.2, 0.25) is 0 Å². The maximum absolute atomic E-state index is 12.2. The van der Waals surface area contributed by atoms with Crippen LogP contribution >= 0.6 is 0 Å². The number of carbonyl (C=O) groups excluding carboxylic acids is 1. The summed E-state index contributed by atoms with van der Waals surface area (Å²) >= 11 is 0. The summed E-state index contributed by atoms with van der Waals surface area (Å²) in [5.41, 5.74) is 1.52. The van der Waals surface area contributed by atoms with Gasteiger partial charge >= 0.3 is 0 Å². The molecule has 1 amide bonds. The van der Waals surface area contributed by atoms with Crippen molar-refractivity contribution < 1.29 is 14.6 Å². The maximum atomic E-state index is 12.2.